The van der Waals surface area contributed by atoms with Crippen molar-refractivity contribution in [2.24, 2.45) is 0 Å². The Bertz CT molecular complexity index is 208. The number of rotatable bonds is 1. The maximum absolute atomic E-state index is 3.43. The highest BCUT2D eigenvalue weighted by Crippen LogP contribution is 2.23. The van der Waals surface area contributed by atoms with Crippen molar-refractivity contribution < 1.29 is 0 Å². The summed E-state index contributed by atoms with van der Waals surface area (Å²) < 4.78 is 0. The molecule has 2 aliphatic heterocycles. The SMILES string of the molecule is CC(C)(C)N1CCC(N2CCNCC2)CC1. The maximum atomic E-state index is 3.43. The van der Waals surface area contributed by atoms with Crippen LogP contribution in [-0.4, -0.2) is 60.6 Å². The van der Waals surface area contributed by atoms with E-state index in [4.69, 9.17) is 0 Å². The number of piperidine rings is 1. The van der Waals surface area contributed by atoms with E-state index in [1.165, 1.54) is 52.1 Å². The molecule has 1 N–H and O–H groups in total. The van der Waals surface area contributed by atoms with E-state index in [9.17, 15) is 0 Å². The first-order chi connectivity index (χ1) is 7.57. The topological polar surface area (TPSA) is 18.5 Å². The van der Waals surface area contributed by atoms with Crippen LogP contribution in [0.1, 0.15) is 33.6 Å². The van der Waals surface area contributed by atoms with Gasteiger partial charge in [0.15, 0.2) is 0 Å². The first-order valence-corrected chi connectivity index (χ1v) is 6.77. The van der Waals surface area contributed by atoms with Crippen molar-refractivity contribution in [2.45, 2.75) is 45.2 Å². The van der Waals surface area contributed by atoms with Crippen LogP contribution in [0.5, 0.6) is 0 Å². The number of likely N-dealkylation sites (tertiary alicyclic amines) is 1. The summed E-state index contributed by atoms with van der Waals surface area (Å²) in [6.45, 7) is 14.4. The van der Waals surface area contributed by atoms with Gasteiger partial charge in [0.05, 0.1) is 0 Å². The lowest BCUT2D eigenvalue weighted by Gasteiger charge is -2.44. The Hall–Kier alpha value is -0.120. The van der Waals surface area contributed by atoms with Crippen LogP contribution in [0.15, 0.2) is 0 Å². The molecule has 0 aliphatic carbocycles. The zero-order valence-electron chi connectivity index (χ0n) is 11.1. The van der Waals surface area contributed by atoms with Gasteiger partial charge in [-0.25, -0.2) is 0 Å². The molecule has 16 heavy (non-hydrogen) atoms. The van der Waals surface area contributed by atoms with Gasteiger partial charge in [0.25, 0.3) is 0 Å². The fraction of sp³-hybridized carbons (Fsp3) is 1.00. The average Bonchev–Trinajstić information content (AvgIpc) is 2.29. The number of hydrogen-bond acceptors (Lipinski definition) is 3. The molecule has 2 rings (SSSR count). The van der Waals surface area contributed by atoms with Gasteiger partial charge >= 0.3 is 0 Å². The number of nitrogens with zero attached hydrogens (tertiary/aromatic N) is 2. The molecular weight excluding hydrogens is 198 g/mol. The van der Waals surface area contributed by atoms with Crippen molar-refractivity contribution in [1.29, 1.82) is 0 Å². The molecular formula is C13H27N3. The van der Waals surface area contributed by atoms with Gasteiger partial charge < -0.3 is 5.32 Å². The van der Waals surface area contributed by atoms with Crippen molar-refractivity contribution in [1.82, 2.24) is 15.1 Å². The van der Waals surface area contributed by atoms with Crippen molar-refractivity contribution in [3.63, 3.8) is 0 Å². The third-order valence-corrected chi connectivity index (χ3v) is 4.08. The zero-order valence-corrected chi connectivity index (χ0v) is 11.1. The van der Waals surface area contributed by atoms with Gasteiger partial charge in [-0.2, -0.15) is 0 Å². The first-order valence-electron chi connectivity index (χ1n) is 6.77. The highest BCUT2D eigenvalue weighted by Gasteiger charge is 2.29. The smallest absolute Gasteiger partial charge is 0.0125 e. The minimum absolute atomic E-state index is 0.356. The summed E-state index contributed by atoms with van der Waals surface area (Å²) in [6, 6.07) is 0.848. The molecule has 2 fully saturated rings. The predicted molar refractivity (Wildman–Crippen MR) is 68.8 cm³/mol. The Morgan fingerprint density at radius 1 is 0.938 bits per heavy atom. The van der Waals surface area contributed by atoms with E-state index in [0.29, 0.717) is 5.54 Å². The van der Waals surface area contributed by atoms with E-state index < -0.39 is 0 Å². The van der Waals surface area contributed by atoms with Crippen molar-refractivity contribution in [3.8, 4) is 0 Å². The van der Waals surface area contributed by atoms with Crippen molar-refractivity contribution in [3.05, 3.63) is 0 Å². The van der Waals surface area contributed by atoms with Gasteiger partial charge in [-0.1, -0.05) is 0 Å². The van der Waals surface area contributed by atoms with Crippen LogP contribution in [0.3, 0.4) is 0 Å². The molecule has 0 saturated carbocycles. The molecule has 3 nitrogen and oxygen atoms in total. The Morgan fingerprint density at radius 3 is 2.00 bits per heavy atom. The molecule has 94 valence electrons. The summed E-state index contributed by atoms with van der Waals surface area (Å²) in [6.07, 6.45) is 2.72. The van der Waals surface area contributed by atoms with Gasteiger partial charge in [0.1, 0.15) is 0 Å². The second-order valence-electron chi connectivity index (χ2n) is 6.18. The molecule has 2 aliphatic rings. The molecule has 3 heteroatoms. The normalized spacial score (nSPS) is 27.2. The molecule has 0 aromatic rings. The molecule has 0 aromatic heterocycles. The van der Waals surface area contributed by atoms with E-state index in [0.717, 1.165) is 6.04 Å². The lowest BCUT2D eigenvalue weighted by Crippen LogP contribution is -2.54. The molecule has 0 bridgehead atoms. The summed E-state index contributed by atoms with van der Waals surface area (Å²) >= 11 is 0. The Labute approximate surface area is 100 Å². The molecule has 0 aromatic carbocycles. The third kappa shape index (κ3) is 2.96. The fourth-order valence-corrected chi connectivity index (χ4v) is 2.95. The molecule has 2 heterocycles. The molecule has 0 atom stereocenters. The summed E-state index contributed by atoms with van der Waals surface area (Å²) in [5, 5.41) is 3.43. The lowest BCUT2D eigenvalue weighted by atomic mass is 9.97. The largest absolute Gasteiger partial charge is 0.314 e. The monoisotopic (exact) mass is 225 g/mol. The van der Waals surface area contributed by atoms with Crippen LogP contribution in [0.2, 0.25) is 0 Å². The molecule has 0 amide bonds. The standard InChI is InChI=1S/C13H27N3/c1-13(2,3)16-8-4-12(5-9-16)15-10-6-14-7-11-15/h12,14H,4-11H2,1-3H3. The Morgan fingerprint density at radius 2 is 1.50 bits per heavy atom. The van der Waals surface area contributed by atoms with E-state index in [1.807, 2.05) is 0 Å². The predicted octanol–water partition coefficient (Wildman–Crippen LogP) is 1.15. The van der Waals surface area contributed by atoms with Gasteiger partial charge in [-0.05, 0) is 33.6 Å². The zero-order chi connectivity index (χ0) is 11.6. The maximum Gasteiger partial charge on any atom is 0.0125 e. The fourth-order valence-electron chi connectivity index (χ4n) is 2.95. The molecule has 2 saturated heterocycles. The van der Waals surface area contributed by atoms with Crippen LogP contribution in [0.4, 0.5) is 0 Å². The first kappa shape index (κ1) is 12.3. The van der Waals surface area contributed by atoms with Crippen molar-refractivity contribution >= 4 is 0 Å². The van der Waals surface area contributed by atoms with Crippen LogP contribution < -0.4 is 5.32 Å². The highest BCUT2D eigenvalue weighted by molar-refractivity contribution is 4.86. The molecule has 0 radical (unpaired) electrons. The van der Waals surface area contributed by atoms with E-state index in [2.05, 4.69) is 35.9 Å². The second kappa shape index (κ2) is 5.03. The molecule has 0 spiro atoms. The minimum Gasteiger partial charge on any atom is -0.314 e. The van der Waals surface area contributed by atoms with E-state index >= 15 is 0 Å². The van der Waals surface area contributed by atoms with Crippen molar-refractivity contribution in [2.75, 3.05) is 39.3 Å². The minimum atomic E-state index is 0.356. The quantitative estimate of drug-likeness (QED) is 0.722. The van der Waals surface area contributed by atoms with Gasteiger partial charge in [0, 0.05) is 50.8 Å². The summed E-state index contributed by atoms with van der Waals surface area (Å²) in [5.74, 6) is 0. The van der Waals surface area contributed by atoms with Crippen LogP contribution in [0, 0.1) is 0 Å². The van der Waals surface area contributed by atoms with Gasteiger partial charge in [0.2, 0.25) is 0 Å². The number of nitrogens with one attached hydrogen (secondary N) is 1. The van der Waals surface area contributed by atoms with E-state index in [-0.39, 0.29) is 0 Å². The third-order valence-electron chi connectivity index (χ3n) is 4.08. The van der Waals surface area contributed by atoms with Gasteiger partial charge in [-0.3, -0.25) is 9.80 Å². The average molecular weight is 225 g/mol. The summed E-state index contributed by atoms with van der Waals surface area (Å²) in [4.78, 5) is 5.32. The number of piperazine rings is 1. The Kier molecular flexibility index (Phi) is 3.88. The van der Waals surface area contributed by atoms with Crippen LogP contribution >= 0.6 is 0 Å². The van der Waals surface area contributed by atoms with E-state index in [1.54, 1.807) is 0 Å². The lowest BCUT2D eigenvalue weighted by molar-refractivity contribution is 0.0517. The van der Waals surface area contributed by atoms with Gasteiger partial charge in [-0.15, -0.1) is 0 Å². The molecule has 0 unspecified atom stereocenters. The highest BCUT2D eigenvalue weighted by atomic mass is 15.2. The Balaban J connectivity index is 1.80. The number of hydrogen-bond donors (Lipinski definition) is 1. The van der Waals surface area contributed by atoms with Crippen LogP contribution in [0.25, 0.3) is 0 Å². The summed E-state index contributed by atoms with van der Waals surface area (Å²) in [7, 11) is 0. The summed E-state index contributed by atoms with van der Waals surface area (Å²) in [5.41, 5.74) is 0.356. The second-order valence-corrected chi connectivity index (χ2v) is 6.18. The van der Waals surface area contributed by atoms with Crippen LogP contribution in [-0.2, 0) is 0 Å².